The summed E-state index contributed by atoms with van der Waals surface area (Å²) in [5.41, 5.74) is 0.394. The van der Waals surface area contributed by atoms with Crippen LogP contribution >= 0.6 is 0 Å². The van der Waals surface area contributed by atoms with Crippen molar-refractivity contribution in [2.24, 2.45) is 0 Å². The molecule has 144 valence electrons. The van der Waals surface area contributed by atoms with Gasteiger partial charge in [-0.2, -0.15) is 4.98 Å². The Hall–Kier alpha value is -3.96. The highest BCUT2D eigenvalue weighted by Crippen LogP contribution is 2.23. The number of rotatable bonds is 5. The topological polar surface area (TPSA) is 112 Å². The van der Waals surface area contributed by atoms with Crippen LogP contribution in [0.3, 0.4) is 0 Å². The van der Waals surface area contributed by atoms with Crippen LogP contribution in [0.2, 0.25) is 0 Å². The number of non-ortho nitro benzene ring substituents is 1. The van der Waals surface area contributed by atoms with Gasteiger partial charge < -0.3 is 4.74 Å². The number of aromatic nitrogens is 3. The van der Waals surface area contributed by atoms with E-state index in [2.05, 4.69) is 20.1 Å². The van der Waals surface area contributed by atoms with E-state index in [4.69, 9.17) is 0 Å². The van der Waals surface area contributed by atoms with E-state index in [9.17, 15) is 28.1 Å². The summed E-state index contributed by atoms with van der Waals surface area (Å²) in [7, 11) is 0. The van der Waals surface area contributed by atoms with Gasteiger partial charge in [0.15, 0.2) is 0 Å². The fraction of sp³-hybridized carbons (Fsp3) is 0.0625. The molecule has 0 spiro atoms. The summed E-state index contributed by atoms with van der Waals surface area (Å²) in [6.45, 7) is 0. The summed E-state index contributed by atoms with van der Waals surface area (Å²) in [5.74, 6) is -1.02. The van der Waals surface area contributed by atoms with Crippen LogP contribution in [0.25, 0.3) is 5.69 Å². The molecule has 0 saturated carbocycles. The summed E-state index contributed by atoms with van der Waals surface area (Å²) in [4.78, 5) is 26.0. The Labute approximate surface area is 154 Å². The number of hydrogen-bond donors (Lipinski definition) is 1. The molecule has 2 aromatic carbocycles. The van der Waals surface area contributed by atoms with Crippen LogP contribution in [0.15, 0.2) is 54.9 Å². The van der Waals surface area contributed by atoms with Crippen LogP contribution in [-0.2, 0) is 0 Å². The van der Waals surface area contributed by atoms with Crippen LogP contribution in [0.4, 0.5) is 24.8 Å². The van der Waals surface area contributed by atoms with Gasteiger partial charge in [0.2, 0.25) is 5.95 Å². The van der Waals surface area contributed by atoms with Gasteiger partial charge >= 0.3 is 6.36 Å². The second-order valence-electron chi connectivity index (χ2n) is 5.31. The molecule has 0 radical (unpaired) electrons. The molecule has 3 aromatic rings. The van der Waals surface area contributed by atoms with Gasteiger partial charge in [0, 0.05) is 17.7 Å². The molecular weight excluding hydrogens is 383 g/mol. The van der Waals surface area contributed by atoms with Crippen molar-refractivity contribution in [1.29, 1.82) is 0 Å². The maximum absolute atomic E-state index is 12.2. The zero-order valence-electron chi connectivity index (χ0n) is 13.8. The van der Waals surface area contributed by atoms with Gasteiger partial charge in [-0.3, -0.25) is 20.2 Å². The average Bonchev–Trinajstić information content (AvgIpc) is 3.09. The Bertz CT molecular complexity index is 1000. The van der Waals surface area contributed by atoms with Gasteiger partial charge in [-0.1, -0.05) is 0 Å². The van der Waals surface area contributed by atoms with E-state index in [1.165, 1.54) is 47.4 Å². The summed E-state index contributed by atoms with van der Waals surface area (Å²) in [6, 6.07) is 9.82. The first-order valence-corrected chi connectivity index (χ1v) is 7.55. The van der Waals surface area contributed by atoms with Crippen LogP contribution in [-0.4, -0.2) is 32.0 Å². The molecule has 12 heteroatoms. The van der Waals surface area contributed by atoms with Gasteiger partial charge in [0.25, 0.3) is 11.6 Å². The summed E-state index contributed by atoms with van der Waals surface area (Å²) in [5, 5.41) is 17.0. The molecule has 1 aromatic heterocycles. The van der Waals surface area contributed by atoms with Crippen molar-refractivity contribution in [2.45, 2.75) is 6.36 Å². The molecule has 0 fully saturated rings. The highest BCUT2D eigenvalue weighted by molar-refractivity contribution is 6.03. The Morgan fingerprint density at radius 3 is 2.32 bits per heavy atom. The molecule has 1 amide bonds. The smallest absolute Gasteiger partial charge is 0.406 e. The van der Waals surface area contributed by atoms with Crippen LogP contribution in [0.1, 0.15) is 10.4 Å². The molecular formula is C16H10F3N5O4. The monoisotopic (exact) mass is 393 g/mol. The number of anilines is 1. The first-order chi connectivity index (χ1) is 13.2. The minimum atomic E-state index is -4.79. The van der Waals surface area contributed by atoms with Gasteiger partial charge in [0.05, 0.1) is 10.6 Å². The van der Waals surface area contributed by atoms with Crippen molar-refractivity contribution >= 4 is 17.5 Å². The van der Waals surface area contributed by atoms with E-state index in [1.807, 2.05) is 0 Å². The number of halogens is 3. The lowest BCUT2D eigenvalue weighted by atomic mass is 10.2. The molecule has 0 aliphatic rings. The first kappa shape index (κ1) is 18.8. The fourth-order valence-electron chi connectivity index (χ4n) is 2.15. The largest absolute Gasteiger partial charge is 0.573 e. The fourth-order valence-corrected chi connectivity index (χ4v) is 2.15. The number of alkyl halides is 3. The predicted molar refractivity (Wildman–Crippen MR) is 89.1 cm³/mol. The second kappa shape index (κ2) is 7.34. The molecule has 0 aliphatic heterocycles. The molecule has 9 nitrogen and oxygen atoms in total. The standard InChI is InChI=1S/C16H10F3N5O4/c17-16(18,19)28-13-7-5-11(6-8-13)23-9-20-15(22-23)21-14(25)10-1-3-12(4-2-10)24(26)27/h1-9H,(H,21,22,25). The van der Waals surface area contributed by atoms with Crippen LogP contribution in [0.5, 0.6) is 5.75 Å². The molecule has 3 rings (SSSR count). The van der Waals surface area contributed by atoms with Crippen molar-refractivity contribution in [3.63, 3.8) is 0 Å². The number of nitrogens with zero attached hydrogens (tertiary/aromatic N) is 4. The minimum absolute atomic E-state index is 0.0565. The normalized spacial score (nSPS) is 11.1. The van der Waals surface area contributed by atoms with E-state index >= 15 is 0 Å². The third-order valence-electron chi connectivity index (χ3n) is 3.39. The zero-order valence-corrected chi connectivity index (χ0v) is 13.8. The highest BCUT2D eigenvalue weighted by Gasteiger charge is 2.31. The van der Waals surface area contributed by atoms with Gasteiger partial charge in [-0.15, -0.1) is 18.3 Å². The minimum Gasteiger partial charge on any atom is -0.406 e. The number of amides is 1. The molecule has 0 aliphatic carbocycles. The third-order valence-corrected chi connectivity index (χ3v) is 3.39. The Kier molecular flexibility index (Phi) is 4.94. The van der Waals surface area contributed by atoms with Crippen molar-refractivity contribution < 1.29 is 27.6 Å². The highest BCUT2D eigenvalue weighted by atomic mass is 19.4. The second-order valence-corrected chi connectivity index (χ2v) is 5.31. The number of nitro benzene ring substituents is 1. The Morgan fingerprint density at radius 2 is 1.75 bits per heavy atom. The van der Waals surface area contributed by atoms with Gasteiger partial charge in [-0.05, 0) is 36.4 Å². The van der Waals surface area contributed by atoms with E-state index in [0.29, 0.717) is 5.69 Å². The van der Waals surface area contributed by atoms with Crippen LogP contribution < -0.4 is 10.1 Å². The molecule has 1 heterocycles. The summed E-state index contributed by atoms with van der Waals surface area (Å²) >= 11 is 0. The quantitative estimate of drug-likeness (QED) is 0.526. The van der Waals surface area contributed by atoms with Crippen LogP contribution in [0, 0.1) is 10.1 Å². The molecule has 0 atom stereocenters. The van der Waals surface area contributed by atoms with E-state index in [-0.39, 0.29) is 22.9 Å². The lowest BCUT2D eigenvalue weighted by molar-refractivity contribution is -0.384. The van der Waals surface area contributed by atoms with Crippen molar-refractivity contribution in [3.8, 4) is 11.4 Å². The number of carbonyl (C=O) groups excluding carboxylic acids is 1. The van der Waals surface area contributed by atoms with E-state index in [1.54, 1.807) is 0 Å². The third kappa shape index (κ3) is 4.60. The molecule has 1 N–H and O–H groups in total. The van der Waals surface area contributed by atoms with Gasteiger partial charge in [0.1, 0.15) is 12.1 Å². The summed E-state index contributed by atoms with van der Waals surface area (Å²) < 4.78 is 41.5. The molecule has 0 unspecified atom stereocenters. The number of nitrogens with one attached hydrogen (secondary N) is 1. The Morgan fingerprint density at radius 1 is 1.11 bits per heavy atom. The van der Waals surface area contributed by atoms with Crippen molar-refractivity contribution in [3.05, 3.63) is 70.5 Å². The number of carbonyl (C=O) groups is 1. The number of nitro groups is 1. The number of ether oxygens (including phenoxy) is 1. The molecule has 0 bridgehead atoms. The SMILES string of the molecule is O=C(Nc1ncn(-c2ccc(OC(F)(F)F)cc2)n1)c1ccc([N+](=O)[O-])cc1. The number of hydrogen-bond acceptors (Lipinski definition) is 6. The van der Waals surface area contributed by atoms with Crippen molar-refractivity contribution in [2.75, 3.05) is 5.32 Å². The predicted octanol–water partition coefficient (Wildman–Crippen LogP) is 3.33. The first-order valence-electron chi connectivity index (χ1n) is 7.55. The Balaban J connectivity index is 1.68. The maximum atomic E-state index is 12.2. The molecule has 0 saturated heterocycles. The average molecular weight is 393 g/mol. The lowest BCUT2D eigenvalue weighted by Crippen LogP contribution is -2.17. The summed E-state index contributed by atoms with van der Waals surface area (Å²) in [6.07, 6.45) is -3.53. The van der Waals surface area contributed by atoms with E-state index < -0.39 is 17.2 Å². The number of benzene rings is 2. The molecule has 28 heavy (non-hydrogen) atoms. The maximum Gasteiger partial charge on any atom is 0.573 e. The zero-order chi connectivity index (χ0) is 20.3. The lowest BCUT2D eigenvalue weighted by Gasteiger charge is -2.09. The van der Waals surface area contributed by atoms with Crippen molar-refractivity contribution in [1.82, 2.24) is 14.8 Å². The van der Waals surface area contributed by atoms with E-state index in [0.717, 1.165) is 12.1 Å². The van der Waals surface area contributed by atoms with Gasteiger partial charge in [-0.25, -0.2) is 4.68 Å².